The average Bonchev–Trinajstić information content (AvgIpc) is 2.34. The molecular formula is C13H13ClO2. The monoisotopic (exact) mass is 236 g/mol. The molecule has 0 heterocycles. The van der Waals surface area contributed by atoms with E-state index < -0.39 is 0 Å². The fraction of sp³-hybridized carbons (Fsp3) is 0.308. The number of rotatable bonds is 3. The molecule has 0 bridgehead atoms. The summed E-state index contributed by atoms with van der Waals surface area (Å²) in [5.41, 5.74) is 1.20. The first-order valence-electron chi connectivity index (χ1n) is 5.01. The van der Waals surface area contributed by atoms with Crippen LogP contribution in [0.25, 0.3) is 0 Å². The van der Waals surface area contributed by atoms with Gasteiger partial charge in [0.25, 0.3) is 0 Å². The largest absolute Gasteiger partial charge is 0.465 e. The van der Waals surface area contributed by atoms with Crippen LogP contribution in [0, 0.1) is 11.8 Å². The summed E-state index contributed by atoms with van der Waals surface area (Å²) in [7, 11) is 1.36. The molecule has 0 unspecified atom stereocenters. The molecule has 0 saturated heterocycles. The van der Waals surface area contributed by atoms with E-state index in [1.807, 2.05) is 6.07 Å². The maximum atomic E-state index is 11.4. The van der Waals surface area contributed by atoms with E-state index in [2.05, 4.69) is 16.6 Å². The van der Waals surface area contributed by atoms with Crippen molar-refractivity contribution in [1.29, 1.82) is 0 Å². The fourth-order valence-corrected chi connectivity index (χ4v) is 1.33. The summed E-state index contributed by atoms with van der Waals surface area (Å²) < 4.78 is 4.68. The number of halogens is 1. The number of unbranched alkanes of at least 4 members (excludes halogenated alkanes) is 1. The van der Waals surface area contributed by atoms with Gasteiger partial charge in [-0.05, 0) is 18.6 Å². The first-order chi connectivity index (χ1) is 7.79. The van der Waals surface area contributed by atoms with E-state index in [9.17, 15) is 4.79 Å². The van der Waals surface area contributed by atoms with Gasteiger partial charge in [0.05, 0.1) is 12.7 Å². The van der Waals surface area contributed by atoms with Crippen LogP contribution in [0.15, 0.2) is 24.3 Å². The molecule has 1 aromatic carbocycles. The summed E-state index contributed by atoms with van der Waals surface area (Å²) >= 11 is 5.55. The van der Waals surface area contributed by atoms with Gasteiger partial charge in [-0.25, -0.2) is 4.79 Å². The van der Waals surface area contributed by atoms with Gasteiger partial charge < -0.3 is 4.74 Å². The molecule has 0 aliphatic carbocycles. The molecular weight excluding hydrogens is 224 g/mol. The van der Waals surface area contributed by atoms with Crippen LogP contribution in [0.4, 0.5) is 0 Å². The molecule has 0 radical (unpaired) electrons. The standard InChI is InChI=1S/C13H13ClO2/c1-16-13(15)12-9-5-4-8-11(12)7-3-2-6-10-14/h4-5,8-9H,2,6,10H2,1H3. The summed E-state index contributed by atoms with van der Waals surface area (Å²) in [6.07, 6.45) is 1.59. The minimum atomic E-state index is -0.359. The van der Waals surface area contributed by atoms with Crippen molar-refractivity contribution in [3.8, 4) is 11.8 Å². The van der Waals surface area contributed by atoms with Gasteiger partial charge in [0.1, 0.15) is 0 Å². The molecule has 84 valence electrons. The first kappa shape index (κ1) is 12.6. The Bertz CT molecular complexity index is 415. The Kier molecular flexibility index (Phi) is 5.45. The van der Waals surface area contributed by atoms with Crippen LogP contribution in [-0.4, -0.2) is 19.0 Å². The molecule has 16 heavy (non-hydrogen) atoms. The second-order valence-corrected chi connectivity index (χ2v) is 3.51. The molecule has 1 aromatic rings. The molecule has 0 N–H and O–H groups in total. The predicted molar refractivity (Wildman–Crippen MR) is 64.6 cm³/mol. The van der Waals surface area contributed by atoms with Gasteiger partial charge in [0.15, 0.2) is 0 Å². The van der Waals surface area contributed by atoms with Crippen LogP contribution in [0.5, 0.6) is 0 Å². The van der Waals surface area contributed by atoms with Crippen molar-refractivity contribution in [3.05, 3.63) is 35.4 Å². The number of hydrogen-bond donors (Lipinski definition) is 0. The molecule has 0 aromatic heterocycles. The van der Waals surface area contributed by atoms with Gasteiger partial charge in [-0.15, -0.1) is 11.6 Å². The van der Waals surface area contributed by atoms with E-state index in [4.69, 9.17) is 11.6 Å². The highest BCUT2D eigenvalue weighted by Crippen LogP contribution is 2.08. The van der Waals surface area contributed by atoms with Gasteiger partial charge >= 0.3 is 5.97 Å². The highest BCUT2D eigenvalue weighted by molar-refractivity contribution is 6.17. The third-order valence-electron chi connectivity index (χ3n) is 1.99. The van der Waals surface area contributed by atoms with Crippen molar-refractivity contribution in [2.24, 2.45) is 0 Å². The normalized spacial score (nSPS) is 9.12. The maximum absolute atomic E-state index is 11.4. The fourth-order valence-electron chi connectivity index (χ4n) is 1.19. The van der Waals surface area contributed by atoms with Crippen molar-refractivity contribution >= 4 is 17.6 Å². The zero-order valence-electron chi connectivity index (χ0n) is 9.13. The topological polar surface area (TPSA) is 26.3 Å². The van der Waals surface area contributed by atoms with E-state index in [0.29, 0.717) is 17.0 Å². The van der Waals surface area contributed by atoms with Crippen LogP contribution in [-0.2, 0) is 4.74 Å². The second kappa shape index (κ2) is 6.92. The van der Waals surface area contributed by atoms with Gasteiger partial charge in [-0.3, -0.25) is 0 Å². The van der Waals surface area contributed by atoms with E-state index >= 15 is 0 Å². The Balaban J connectivity index is 2.85. The van der Waals surface area contributed by atoms with Crippen molar-refractivity contribution in [2.75, 3.05) is 13.0 Å². The van der Waals surface area contributed by atoms with Crippen molar-refractivity contribution in [3.63, 3.8) is 0 Å². The number of carbonyl (C=O) groups excluding carboxylic acids is 1. The van der Waals surface area contributed by atoms with Gasteiger partial charge in [0, 0.05) is 17.9 Å². The minimum absolute atomic E-state index is 0.359. The van der Waals surface area contributed by atoms with Crippen LogP contribution < -0.4 is 0 Å². The lowest BCUT2D eigenvalue weighted by Gasteiger charge is -2.01. The molecule has 0 aliphatic heterocycles. The van der Waals surface area contributed by atoms with E-state index in [-0.39, 0.29) is 5.97 Å². The number of alkyl halides is 1. The summed E-state index contributed by atoms with van der Waals surface area (Å²) in [4.78, 5) is 11.4. The molecule has 0 fully saturated rings. The maximum Gasteiger partial charge on any atom is 0.339 e. The molecule has 0 amide bonds. The predicted octanol–water partition coefficient (Wildman–Crippen LogP) is 2.84. The SMILES string of the molecule is COC(=O)c1ccccc1C#CCCCCl. The van der Waals surface area contributed by atoms with Crippen molar-refractivity contribution in [1.82, 2.24) is 0 Å². The third-order valence-corrected chi connectivity index (χ3v) is 2.26. The second-order valence-electron chi connectivity index (χ2n) is 3.13. The number of benzene rings is 1. The summed E-state index contributed by atoms with van der Waals surface area (Å²) in [6.45, 7) is 0. The molecule has 3 heteroatoms. The minimum Gasteiger partial charge on any atom is -0.465 e. The number of methoxy groups -OCH3 is 1. The quantitative estimate of drug-likeness (QED) is 0.349. The Morgan fingerprint density at radius 2 is 2.19 bits per heavy atom. The molecule has 1 rings (SSSR count). The van der Waals surface area contributed by atoms with Crippen LogP contribution in [0.1, 0.15) is 28.8 Å². The number of carbonyl (C=O) groups is 1. The van der Waals surface area contributed by atoms with E-state index in [0.717, 1.165) is 12.8 Å². The van der Waals surface area contributed by atoms with E-state index in [1.165, 1.54) is 7.11 Å². The van der Waals surface area contributed by atoms with Crippen LogP contribution in [0.2, 0.25) is 0 Å². The summed E-state index contributed by atoms with van der Waals surface area (Å²) in [6, 6.07) is 7.14. The van der Waals surface area contributed by atoms with E-state index in [1.54, 1.807) is 18.2 Å². The van der Waals surface area contributed by atoms with Gasteiger partial charge in [-0.1, -0.05) is 24.0 Å². The number of ether oxygens (including phenoxy) is 1. The lowest BCUT2D eigenvalue weighted by atomic mass is 10.1. The zero-order chi connectivity index (χ0) is 11.8. The summed E-state index contributed by atoms with van der Waals surface area (Å²) in [5, 5.41) is 0. The molecule has 0 aliphatic rings. The Hall–Kier alpha value is -1.46. The van der Waals surface area contributed by atoms with Crippen LogP contribution >= 0.6 is 11.6 Å². The Morgan fingerprint density at radius 3 is 2.88 bits per heavy atom. The van der Waals surface area contributed by atoms with Gasteiger partial charge in [-0.2, -0.15) is 0 Å². The Morgan fingerprint density at radius 1 is 1.44 bits per heavy atom. The molecule has 0 atom stereocenters. The zero-order valence-corrected chi connectivity index (χ0v) is 9.88. The smallest absolute Gasteiger partial charge is 0.339 e. The highest BCUT2D eigenvalue weighted by atomic mass is 35.5. The van der Waals surface area contributed by atoms with Crippen molar-refractivity contribution in [2.45, 2.75) is 12.8 Å². The average molecular weight is 237 g/mol. The molecule has 0 saturated carbocycles. The van der Waals surface area contributed by atoms with Crippen LogP contribution in [0.3, 0.4) is 0 Å². The van der Waals surface area contributed by atoms with Gasteiger partial charge in [0.2, 0.25) is 0 Å². The summed E-state index contributed by atoms with van der Waals surface area (Å²) in [5.74, 6) is 6.18. The third kappa shape index (κ3) is 3.60. The lowest BCUT2D eigenvalue weighted by Crippen LogP contribution is -2.03. The Labute approximate surface area is 101 Å². The number of esters is 1. The number of hydrogen-bond acceptors (Lipinski definition) is 2. The first-order valence-corrected chi connectivity index (χ1v) is 5.55. The molecule has 2 nitrogen and oxygen atoms in total. The lowest BCUT2D eigenvalue weighted by molar-refractivity contribution is 0.0600. The molecule has 0 spiro atoms. The van der Waals surface area contributed by atoms with Crippen molar-refractivity contribution < 1.29 is 9.53 Å². The highest BCUT2D eigenvalue weighted by Gasteiger charge is 2.08.